The van der Waals surface area contributed by atoms with Crippen LogP contribution in [0, 0.1) is 5.92 Å². The third-order valence-corrected chi connectivity index (χ3v) is 5.20. The Hall–Kier alpha value is -1.87. The molecule has 2 heterocycles. The van der Waals surface area contributed by atoms with Gasteiger partial charge in [0, 0.05) is 25.6 Å². The predicted molar refractivity (Wildman–Crippen MR) is 114 cm³/mol. The van der Waals surface area contributed by atoms with Crippen LogP contribution in [0.25, 0.3) is 11.0 Å². The molecule has 0 aromatic carbocycles. The lowest BCUT2D eigenvalue weighted by Crippen LogP contribution is -2.32. The van der Waals surface area contributed by atoms with E-state index in [0.717, 1.165) is 40.6 Å². The Balaban J connectivity index is 2.11. The predicted octanol–water partition coefficient (Wildman–Crippen LogP) is 2.94. The van der Waals surface area contributed by atoms with E-state index in [9.17, 15) is 4.79 Å². The maximum atomic E-state index is 12.2. The van der Waals surface area contributed by atoms with Gasteiger partial charge in [-0.15, -0.1) is 0 Å². The number of ether oxygens (including phenoxy) is 1. The zero-order chi connectivity index (χ0) is 20.4. The molecule has 2 aromatic rings. The minimum Gasteiger partial charge on any atom is -0.380 e. The molecule has 0 fully saturated rings. The first kappa shape index (κ1) is 22.4. The fourth-order valence-corrected chi connectivity index (χ4v) is 3.47. The maximum absolute atomic E-state index is 12.2. The van der Waals surface area contributed by atoms with E-state index >= 15 is 0 Å². The molecule has 28 heavy (non-hydrogen) atoms. The number of hydrogen-bond acceptors (Lipinski definition) is 7. The fourth-order valence-electron chi connectivity index (χ4n) is 2.90. The van der Waals surface area contributed by atoms with Crippen molar-refractivity contribution < 1.29 is 9.53 Å². The van der Waals surface area contributed by atoms with Crippen molar-refractivity contribution in [2.24, 2.45) is 5.92 Å². The van der Waals surface area contributed by atoms with Gasteiger partial charge in [0.25, 0.3) is 0 Å². The van der Waals surface area contributed by atoms with Gasteiger partial charge in [0.2, 0.25) is 5.91 Å². The maximum Gasteiger partial charge on any atom is 0.223 e. The molecule has 0 unspecified atom stereocenters. The smallest absolute Gasteiger partial charge is 0.223 e. The molecule has 2 N–H and O–H groups in total. The summed E-state index contributed by atoms with van der Waals surface area (Å²) in [4.78, 5) is 21.5. The summed E-state index contributed by atoms with van der Waals surface area (Å²) in [7, 11) is 0. The first-order valence-corrected chi connectivity index (χ1v) is 11.1. The van der Waals surface area contributed by atoms with Crippen LogP contribution in [0.2, 0.25) is 0 Å². The summed E-state index contributed by atoms with van der Waals surface area (Å²) < 4.78 is 7.22. The molecule has 2 aromatic heterocycles. The van der Waals surface area contributed by atoms with E-state index in [1.807, 2.05) is 25.5 Å². The van der Waals surface area contributed by atoms with Crippen molar-refractivity contribution in [3.8, 4) is 0 Å². The Bertz CT molecular complexity index is 747. The molecule has 2 rings (SSSR count). The second-order valence-electron chi connectivity index (χ2n) is 6.32. The van der Waals surface area contributed by atoms with Crippen LogP contribution in [-0.4, -0.2) is 57.7 Å². The molecule has 0 radical (unpaired) electrons. The third kappa shape index (κ3) is 6.07. The van der Waals surface area contributed by atoms with Crippen LogP contribution in [-0.2, 0) is 16.1 Å². The molecule has 0 aliphatic heterocycles. The van der Waals surface area contributed by atoms with Crippen LogP contribution in [0.15, 0.2) is 11.4 Å². The van der Waals surface area contributed by atoms with Crippen LogP contribution >= 0.6 is 11.8 Å². The van der Waals surface area contributed by atoms with Gasteiger partial charge in [0.15, 0.2) is 10.8 Å². The van der Waals surface area contributed by atoms with E-state index in [0.29, 0.717) is 32.8 Å². The second-order valence-corrected chi connectivity index (χ2v) is 7.55. The van der Waals surface area contributed by atoms with Crippen LogP contribution < -0.4 is 10.6 Å². The Morgan fingerprint density at radius 1 is 1.21 bits per heavy atom. The number of amides is 1. The number of anilines is 1. The average Bonchev–Trinajstić information content (AvgIpc) is 3.09. The molecule has 1 amide bonds. The largest absolute Gasteiger partial charge is 0.380 e. The van der Waals surface area contributed by atoms with Crippen molar-refractivity contribution in [1.82, 2.24) is 25.1 Å². The Kier molecular flexibility index (Phi) is 9.49. The van der Waals surface area contributed by atoms with Crippen LogP contribution in [0.1, 0.15) is 40.5 Å². The summed E-state index contributed by atoms with van der Waals surface area (Å²) in [6, 6.07) is 0. The number of carbonyl (C=O) groups is 1. The summed E-state index contributed by atoms with van der Waals surface area (Å²) in [6.45, 7) is 11.2. The standard InChI is InChI=1S/C19H32N6O2S/c1-5-14(6-2)18(26)21-9-11-25-17-15(13-22-25)16(20-10-12-27-7-3)23-19(24-17)28-8-4/h13-14H,5-12H2,1-4H3,(H,21,26)(H,20,23,24). The second kappa shape index (κ2) is 11.9. The van der Waals surface area contributed by atoms with Gasteiger partial charge in [-0.05, 0) is 25.5 Å². The lowest BCUT2D eigenvalue weighted by molar-refractivity contribution is -0.125. The van der Waals surface area contributed by atoms with Crippen LogP contribution in [0.4, 0.5) is 5.82 Å². The molecule has 0 saturated carbocycles. The van der Waals surface area contributed by atoms with Gasteiger partial charge in [-0.3, -0.25) is 4.79 Å². The van der Waals surface area contributed by atoms with E-state index in [1.54, 1.807) is 18.0 Å². The number of rotatable bonds is 13. The van der Waals surface area contributed by atoms with E-state index in [4.69, 9.17) is 4.74 Å². The SMILES string of the molecule is CCOCCNc1nc(SCC)nc2c1cnn2CCNC(=O)C(CC)CC. The number of carbonyl (C=O) groups excluding carboxylic acids is 1. The summed E-state index contributed by atoms with van der Waals surface area (Å²) >= 11 is 1.59. The van der Waals surface area contributed by atoms with Gasteiger partial charge in [0.1, 0.15) is 5.82 Å². The molecule has 0 aliphatic rings. The normalized spacial score (nSPS) is 11.3. The first-order valence-electron chi connectivity index (χ1n) is 10.1. The van der Waals surface area contributed by atoms with Gasteiger partial charge in [-0.1, -0.05) is 32.5 Å². The van der Waals surface area contributed by atoms with Crippen molar-refractivity contribution in [2.75, 3.05) is 37.4 Å². The highest BCUT2D eigenvalue weighted by Crippen LogP contribution is 2.24. The van der Waals surface area contributed by atoms with Crippen molar-refractivity contribution in [3.63, 3.8) is 0 Å². The lowest BCUT2D eigenvalue weighted by atomic mass is 10.0. The molecule has 0 bridgehead atoms. The summed E-state index contributed by atoms with van der Waals surface area (Å²) in [5, 5.41) is 12.4. The van der Waals surface area contributed by atoms with E-state index < -0.39 is 0 Å². The molecule has 0 saturated heterocycles. The molecule has 9 heteroatoms. The van der Waals surface area contributed by atoms with Gasteiger partial charge in [-0.25, -0.2) is 14.6 Å². The number of hydrogen-bond donors (Lipinski definition) is 2. The topological polar surface area (TPSA) is 94.0 Å². The Morgan fingerprint density at radius 2 is 2.00 bits per heavy atom. The average molecular weight is 409 g/mol. The highest BCUT2D eigenvalue weighted by Gasteiger charge is 2.15. The molecular formula is C19H32N6O2S. The molecule has 0 aliphatic carbocycles. The summed E-state index contributed by atoms with van der Waals surface area (Å²) in [5.74, 6) is 1.85. The number of nitrogens with one attached hydrogen (secondary N) is 2. The first-order chi connectivity index (χ1) is 13.6. The number of fused-ring (bicyclic) bond motifs is 1. The molecule has 8 nitrogen and oxygen atoms in total. The fraction of sp³-hybridized carbons (Fsp3) is 0.684. The highest BCUT2D eigenvalue weighted by molar-refractivity contribution is 7.99. The number of thioether (sulfide) groups is 1. The van der Waals surface area contributed by atoms with Crippen molar-refractivity contribution in [2.45, 2.75) is 52.2 Å². The van der Waals surface area contributed by atoms with Gasteiger partial charge < -0.3 is 15.4 Å². The molecule has 156 valence electrons. The van der Waals surface area contributed by atoms with Crippen molar-refractivity contribution in [1.29, 1.82) is 0 Å². The Labute approximate surface area is 171 Å². The summed E-state index contributed by atoms with van der Waals surface area (Å²) in [5.41, 5.74) is 0.779. The monoisotopic (exact) mass is 408 g/mol. The zero-order valence-corrected chi connectivity index (χ0v) is 18.1. The minimum absolute atomic E-state index is 0.0744. The third-order valence-electron chi connectivity index (χ3n) is 4.47. The van der Waals surface area contributed by atoms with Crippen LogP contribution in [0.5, 0.6) is 0 Å². The lowest BCUT2D eigenvalue weighted by Gasteiger charge is -2.13. The Morgan fingerprint density at radius 3 is 2.68 bits per heavy atom. The van der Waals surface area contributed by atoms with E-state index in [1.165, 1.54) is 0 Å². The van der Waals surface area contributed by atoms with Gasteiger partial charge in [-0.2, -0.15) is 5.10 Å². The summed E-state index contributed by atoms with van der Waals surface area (Å²) in [6.07, 6.45) is 3.49. The molecular weight excluding hydrogens is 376 g/mol. The van der Waals surface area contributed by atoms with Gasteiger partial charge in [0.05, 0.1) is 24.7 Å². The van der Waals surface area contributed by atoms with Crippen molar-refractivity contribution in [3.05, 3.63) is 6.20 Å². The van der Waals surface area contributed by atoms with Crippen molar-refractivity contribution >= 4 is 34.5 Å². The number of nitrogens with zero attached hydrogens (tertiary/aromatic N) is 4. The quantitative estimate of drug-likeness (QED) is 0.299. The zero-order valence-electron chi connectivity index (χ0n) is 17.3. The van der Waals surface area contributed by atoms with E-state index in [-0.39, 0.29) is 11.8 Å². The molecule has 0 atom stereocenters. The van der Waals surface area contributed by atoms with Crippen LogP contribution in [0.3, 0.4) is 0 Å². The molecule has 0 spiro atoms. The highest BCUT2D eigenvalue weighted by atomic mass is 32.2. The van der Waals surface area contributed by atoms with E-state index in [2.05, 4.69) is 32.6 Å². The minimum atomic E-state index is 0.0744. The number of aromatic nitrogens is 4. The van der Waals surface area contributed by atoms with Gasteiger partial charge >= 0.3 is 0 Å².